The molecular formula is C16H24N2O3S. The molecule has 0 aromatic heterocycles. The second kappa shape index (κ2) is 9.58. The van der Waals surface area contributed by atoms with Crippen LogP contribution in [0.1, 0.15) is 18.4 Å². The first-order valence-corrected chi connectivity index (χ1v) is 8.67. The molecule has 1 aromatic carbocycles. The lowest BCUT2D eigenvalue weighted by atomic mass is 10.2. The third-order valence-electron chi connectivity index (χ3n) is 3.52. The predicted octanol–water partition coefficient (Wildman–Crippen LogP) is 2.41. The van der Waals surface area contributed by atoms with Crippen molar-refractivity contribution in [2.24, 2.45) is 0 Å². The lowest BCUT2D eigenvalue weighted by Gasteiger charge is -2.21. The van der Waals surface area contributed by atoms with Crippen LogP contribution in [-0.4, -0.2) is 43.9 Å². The Morgan fingerprint density at radius 3 is 2.68 bits per heavy atom. The molecule has 6 heteroatoms. The van der Waals surface area contributed by atoms with E-state index in [1.165, 1.54) is 0 Å². The number of amides is 2. The first-order chi connectivity index (χ1) is 10.8. The Hall–Kier alpha value is -1.40. The molecule has 2 N–H and O–H groups in total. The fourth-order valence-corrected chi connectivity index (χ4v) is 3.30. The summed E-state index contributed by atoms with van der Waals surface area (Å²) >= 11 is 1.92. The van der Waals surface area contributed by atoms with Crippen LogP contribution in [0, 0.1) is 0 Å². The molecule has 122 valence electrons. The highest BCUT2D eigenvalue weighted by molar-refractivity contribution is 7.99. The molecule has 1 aliphatic heterocycles. The van der Waals surface area contributed by atoms with Gasteiger partial charge < -0.3 is 20.1 Å². The van der Waals surface area contributed by atoms with Gasteiger partial charge in [0.15, 0.2) is 0 Å². The van der Waals surface area contributed by atoms with E-state index in [2.05, 4.69) is 10.6 Å². The van der Waals surface area contributed by atoms with Gasteiger partial charge in [-0.2, -0.15) is 11.8 Å². The summed E-state index contributed by atoms with van der Waals surface area (Å²) in [6.45, 7) is 2.94. The van der Waals surface area contributed by atoms with Crippen LogP contribution in [0.3, 0.4) is 0 Å². The van der Waals surface area contributed by atoms with Crippen LogP contribution in [0.5, 0.6) is 5.75 Å². The third kappa shape index (κ3) is 6.15. The number of hydrogen-bond donors (Lipinski definition) is 2. The van der Waals surface area contributed by atoms with Crippen LogP contribution < -0.4 is 15.4 Å². The molecular weight excluding hydrogens is 300 g/mol. The zero-order chi connectivity index (χ0) is 15.6. The van der Waals surface area contributed by atoms with Crippen molar-refractivity contribution in [2.75, 3.05) is 32.6 Å². The van der Waals surface area contributed by atoms with Crippen LogP contribution in [0.4, 0.5) is 4.79 Å². The Labute approximate surface area is 136 Å². The molecule has 0 bridgehead atoms. The van der Waals surface area contributed by atoms with Gasteiger partial charge in [0.05, 0.1) is 7.11 Å². The average Bonchev–Trinajstić information content (AvgIpc) is 2.58. The van der Waals surface area contributed by atoms with Gasteiger partial charge in [0.2, 0.25) is 0 Å². The highest BCUT2D eigenvalue weighted by atomic mass is 32.2. The summed E-state index contributed by atoms with van der Waals surface area (Å²) < 4.78 is 10.4. The van der Waals surface area contributed by atoms with E-state index in [-0.39, 0.29) is 6.03 Å². The molecule has 0 spiro atoms. The van der Waals surface area contributed by atoms with Crippen LogP contribution in [-0.2, 0) is 11.3 Å². The van der Waals surface area contributed by atoms with Gasteiger partial charge in [0, 0.05) is 37.3 Å². The van der Waals surface area contributed by atoms with Crippen molar-refractivity contribution >= 4 is 17.8 Å². The Balaban J connectivity index is 1.55. The van der Waals surface area contributed by atoms with E-state index in [1.54, 1.807) is 7.11 Å². The van der Waals surface area contributed by atoms with Crippen molar-refractivity contribution < 1.29 is 14.3 Å². The lowest BCUT2D eigenvalue weighted by molar-refractivity contribution is 0.100. The summed E-state index contributed by atoms with van der Waals surface area (Å²) in [6, 6.07) is 7.54. The van der Waals surface area contributed by atoms with E-state index in [9.17, 15) is 4.79 Å². The van der Waals surface area contributed by atoms with Crippen LogP contribution in [0.2, 0.25) is 0 Å². The summed E-state index contributed by atoms with van der Waals surface area (Å²) in [5.41, 5.74) is 1.05. The smallest absolute Gasteiger partial charge is 0.315 e. The normalized spacial score (nSPS) is 15.3. The Kier molecular flexibility index (Phi) is 7.39. The molecule has 1 aromatic rings. The zero-order valence-electron chi connectivity index (χ0n) is 13.0. The maximum absolute atomic E-state index is 11.7. The number of rotatable bonds is 7. The van der Waals surface area contributed by atoms with Gasteiger partial charge in [0.1, 0.15) is 5.75 Å². The van der Waals surface area contributed by atoms with Crippen LogP contribution in [0.25, 0.3) is 0 Å². The average molecular weight is 324 g/mol. The highest BCUT2D eigenvalue weighted by Crippen LogP contribution is 2.21. The first kappa shape index (κ1) is 17.0. The number of benzene rings is 1. The number of methoxy groups -OCH3 is 1. The maximum Gasteiger partial charge on any atom is 0.315 e. The number of carbonyl (C=O) groups is 1. The van der Waals surface area contributed by atoms with Crippen molar-refractivity contribution in [2.45, 2.75) is 24.6 Å². The van der Waals surface area contributed by atoms with Gasteiger partial charge in [-0.3, -0.25) is 0 Å². The molecule has 1 heterocycles. The van der Waals surface area contributed by atoms with Crippen LogP contribution >= 0.6 is 11.8 Å². The fraction of sp³-hybridized carbons (Fsp3) is 0.562. The third-order valence-corrected chi connectivity index (χ3v) is 4.90. The molecule has 2 rings (SSSR count). The quantitative estimate of drug-likeness (QED) is 0.756. The van der Waals surface area contributed by atoms with E-state index in [0.717, 1.165) is 43.1 Å². The lowest BCUT2D eigenvalue weighted by Crippen LogP contribution is -2.36. The predicted molar refractivity (Wildman–Crippen MR) is 89.5 cm³/mol. The molecule has 0 radical (unpaired) electrons. The summed E-state index contributed by atoms with van der Waals surface area (Å²) in [4.78, 5) is 11.7. The molecule has 2 amide bonds. The molecule has 0 aliphatic carbocycles. The van der Waals surface area contributed by atoms with Gasteiger partial charge in [-0.1, -0.05) is 12.1 Å². The largest absolute Gasteiger partial charge is 0.497 e. The molecule has 5 nitrogen and oxygen atoms in total. The van der Waals surface area contributed by atoms with Gasteiger partial charge in [-0.15, -0.1) is 0 Å². The van der Waals surface area contributed by atoms with Crippen molar-refractivity contribution in [3.8, 4) is 5.75 Å². The summed E-state index contributed by atoms with van der Waals surface area (Å²) in [6.07, 6.45) is 2.24. The molecule has 1 fully saturated rings. The van der Waals surface area contributed by atoms with Crippen LogP contribution in [0.15, 0.2) is 24.3 Å². The molecule has 0 saturated carbocycles. The highest BCUT2D eigenvalue weighted by Gasteiger charge is 2.13. The molecule has 0 atom stereocenters. The van der Waals surface area contributed by atoms with E-state index < -0.39 is 0 Å². The minimum atomic E-state index is -0.122. The van der Waals surface area contributed by atoms with E-state index in [4.69, 9.17) is 9.47 Å². The number of hydrogen-bond acceptors (Lipinski definition) is 4. The van der Waals surface area contributed by atoms with Crippen molar-refractivity contribution in [3.63, 3.8) is 0 Å². The molecule has 1 saturated heterocycles. The topological polar surface area (TPSA) is 59.6 Å². The first-order valence-electron chi connectivity index (χ1n) is 7.62. The van der Waals surface area contributed by atoms with E-state index in [1.807, 2.05) is 36.0 Å². The number of thioether (sulfide) groups is 1. The van der Waals surface area contributed by atoms with Gasteiger partial charge in [0.25, 0.3) is 0 Å². The van der Waals surface area contributed by atoms with Crippen molar-refractivity contribution in [1.29, 1.82) is 0 Å². The van der Waals surface area contributed by atoms with E-state index in [0.29, 0.717) is 18.3 Å². The molecule has 22 heavy (non-hydrogen) atoms. The minimum Gasteiger partial charge on any atom is -0.497 e. The second-order valence-corrected chi connectivity index (χ2v) is 6.55. The zero-order valence-corrected chi connectivity index (χ0v) is 13.8. The number of ether oxygens (including phenoxy) is 2. The van der Waals surface area contributed by atoms with Gasteiger partial charge in [-0.05, 0) is 30.5 Å². The fourth-order valence-electron chi connectivity index (χ4n) is 2.22. The van der Waals surface area contributed by atoms with Gasteiger partial charge >= 0.3 is 6.03 Å². The Morgan fingerprint density at radius 1 is 1.27 bits per heavy atom. The molecule has 1 aliphatic rings. The van der Waals surface area contributed by atoms with Crippen molar-refractivity contribution in [3.05, 3.63) is 29.8 Å². The standard InChI is InChI=1S/C16H24N2O3S/c1-20-14-4-2-13(3-5-14)12-18-16(19)17-8-11-22-15-6-9-21-10-7-15/h2-5,15H,6-12H2,1H3,(H2,17,18,19). The number of carbonyl (C=O) groups excluding carboxylic acids is 1. The maximum atomic E-state index is 11.7. The Morgan fingerprint density at radius 2 is 2.00 bits per heavy atom. The van der Waals surface area contributed by atoms with Gasteiger partial charge in [-0.25, -0.2) is 4.79 Å². The summed E-state index contributed by atoms with van der Waals surface area (Å²) in [7, 11) is 1.64. The minimum absolute atomic E-state index is 0.122. The SMILES string of the molecule is COc1ccc(CNC(=O)NCCSC2CCOCC2)cc1. The molecule has 0 unspecified atom stereocenters. The summed E-state index contributed by atoms with van der Waals surface area (Å²) in [5.74, 6) is 1.76. The number of urea groups is 1. The van der Waals surface area contributed by atoms with E-state index >= 15 is 0 Å². The van der Waals surface area contributed by atoms with Crippen molar-refractivity contribution in [1.82, 2.24) is 10.6 Å². The Bertz CT molecular complexity index is 447. The second-order valence-electron chi connectivity index (χ2n) is 5.14. The summed E-state index contributed by atoms with van der Waals surface area (Å²) in [5, 5.41) is 6.42. The number of nitrogens with one attached hydrogen (secondary N) is 2. The monoisotopic (exact) mass is 324 g/mol.